The summed E-state index contributed by atoms with van der Waals surface area (Å²) in [5.41, 5.74) is 0.231. The van der Waals surface area contributed by atoms with Crippen molar-refractivity contribution in [1.82, 2.24) is 10.2 Å². The van der Waals surface area contributed by atoms with Crippen LogP contribution in [0.5, 0.6) is 0 Å². The molecule has 2 amide bonds. The summed E-state index contributed by atoms with van der Waals surface area (Å²) in [6.45, 7) is 4.90. The number of hydrogen-bond donors (Lipinski definition) is 1. The van der Waals surface area contributed by atoms with Crippen molar-refractivity contribution < 1.29 is 26.8 Å². The van der Waals surface area contributed by atoms with Gasteiger partial charge in [-0.05, 0) is 54.8 Å². The molecule has 0 bridgehead atoms. The van der Waals surface area contributed by atoms with Crippen LogP contribution in [0.25, 0.3) is 0 Å². The lowest BCUT2D eigenvalue weighted by atomic mass is 10.1. The molecule has 7 nitrogen and oxygen atoms in total. The maximum Gasteiger partial charge on any atom is 0.264 e. The maximum absolute atomic E-state index is 14.9. The Morgan fingerprint density at radius 3 is 2.08 bits per heavy atom. The van der Waals surface area contributed by atoms with Gasteiger partial charge in [-0.1, -0.05) is 56.3 Å². The number of rotatable bonds is 11. The summed E-state index contributed by atoms with van der Waals surface area (Å²) in [6, 6.07) is 17.1. The lowest BCUT2D eigenvalue weighted by Crippen LogP contribution is -2.51. The average molecular weight is 544 g/mol. The first kappa shape index (κ1) is 28.8. The molecule has 1 N–H and O–H groups in total. The van der Waals surface area contributed by atoms with E-state index < -0.39 is 46.1 Å². The van der Waals surface area contributed by atoms with Gasteiger partial charge in [-0.2, -0.15) is 0 Å². The normalized spacial score (nSPS) is 12.2. The minimum atomic E-state index is -4.36. The van der Waals surface area contributed by atoms with Crippen LogP contribution in [0.4, 0.5) is 14.5 Å². The van der Waals surface area contributed by atoms with Crippen molar-refractivity contribution in [3.8, 4) is 0 Å². The summed E-state index contributed by atoms with van der Waals surface area (Å²) in [6.07, 6.45) is 0. The highest BCUT2D eigenvalue weighted by atomic mass is 32.2. The Morgan fingerprint density at radius 1 is 0.868 bits per heavy atom. The number of carbonyl (C=O) groups excluding carboxylic acids is 2. The topological polar surface area (TPSA) is 86.8 Å². The van der Waals surface area contributed by atoms with Crippen molar-refractivity contribution in [2.45, 2.75) is 38.3 Å². The third-order valence-corrected chi connectivity index (χ3v) is 7.62. The van der Waals surface area contributed by atoms with Gasteiger partial charge in [0.2, 0.25) is 11.8 Å². The number of carbonyl (C=O) groups is 2. The van der Waals surface area contributed by atoms with E-state index in [1.165, 1.54) is 78.6 Å². The number of sulfonamides is 1. The summed E-state index contributed by atoms with van der Waals surface area (Å²) in [5.74, 6) is -2.29. The number of benzene rings is 3. The Hall–Kier alpha value is -3.79. The van der Waals surface area contributed by atoms with E-state index in [1.807, 2.05) is 13.8 Å². The Balaban J connectivity index is 2.00. The summed E-state index contributed by atoms with van der Waals surface area (Å²) < 4.78 is 56.2. The molecule has 1 atom stereocenters. The van der Waals surface area contributed by atoms with Crippen molar-refractivity contribution >= 4 is 27.5 Å². The molecular weight excluding hydrogens is 512 g/mol. The number of hydrogen-bond acceptors (Lipinski definition) is 4. The molecule has 0 spiro atoms. The number of halogens is 2. The van der Waals surface area contributed by atoms with Gasteiger partial charge in [-0.15, -0.1) is 0 Å². The molecule has 0 fully saturated rings. The second-order valence-electron chi connectivity index (χ2n) is 9.24. The second kappa shape index (κ2) is 12.6. The standard InChI is InChI=1S/C28H31F2N3O4S/c1-20(2)17-31-28(35)21(3)32(18-22-13-15-23(29)16-14-22)27(34)19-33(26-12-8-7-11-25(26)30)38(36,37)24-9-5-4-6-10-24/h4-16,20-21H,17-19H2,1-3H3,(H,31,35). The molecule has 0 heterocycles. The largest absolute Gasteiger partial charge is 0.354 e. The van der Waals surface area contributed by atoms with Crippen LogP contribution < -0.4 is 9.62 Å². The quantitative estimate of drug-likeness (QED) is 0.390. The van der Waals surface area contributed by atoms with Gasteiger partial charge >= 0.3 is 0 Å². The van der Waals surface area contributed by atoms with E-state index in [-0.39, 0.29) is 23.0 Å². The number of amides is 2. The van der Waals surface area contributed by atoms with Gasteiger partial charge < -0.3 is 10.2 Å². The van der Waals surface area contributed by atoms with Crippen LogP contribution >= 0.6 is 0 Å². The van der Waals surface area contributed by atoms with E-state index >= 15 is 0 Å². The Kier molecular flexibility index (Phi) is 9.57. The first-order valence-electron chi connectivity index (χ1n) is 12.1. The van der Waals surface area contributed by atoms with Crippen molar-refractivity contribution in [3.05, 3.63) is 96.1 Å². The van der Waals surface area contributed by atoms with Crippen LogP contribution in [0.1, 0.15) is 26.3 Å². The fourth-order valence-corrected chi connectivity index (χ4v) is 5.15. The number of nitrogens with zero attached hydrogens (tertiary/aromatic N) is 2. The van der Waals surface area contributed by atoms with Crippen LogP contribution in [-0.4, -0.2) is 44.3 Å². The molecule has 0 aliphatic carbocycles. The molecule has 10 heteroatoms. The number of anilines is 1. The first-order chi connectivity index (χ1) is 18.0. The van der Waals surface area contributed by atoms with Crippen LogP contribution in [0.3, 0.4) is 0 Å². The fraction of sp³-hybridized carbons (Fsp3) is 0.286. The molecule has 3 aromatic carbocycles. The van der Waals surface area contributed by atoms with Gasteiger partial charge in [-0.25, -0.2) is 17.2 Å². The minimum Gasteiger partial charge on any atom is -0.354 e. The molecule has 0 aliphatic heterocycles. The highest BCUT2D eigenvalue weighted by Crippen LogP contribution is 2.26. The molecule has 38 heavy (non-hydrogen) atoms. The molecule has 3 rings (SSSR count). The Labute approximate surface area is 222 Å². The highest BCUT2D eigenvalue weighted by molar-refractivity contribution is 7.92. The van der Waals surface area contributed by atoms with Gasteiger partial charge in [0.1, 0.15) is 24.2 Å². The predicted molar refractivity (Wildman–Crippen MR) is 142 cm³/mol. The van der Waals surface area contributed by atoms with E-state index in [0.717, 1.165) is 6.07 Å². The average Bonchev–Trinajstić information content (AvgIpc) is 2.90. The molecule has 0 saturated heterocycles. The molecule has 0 aliphatic rings. The van der Waals surface area contributed by atoms with Crippen LogP contribution in [0.15, 0.2) is 83.8 Å². The maximum atomic E-state index is 14.9. The van der Waals surface area contributed by atoms with E-state index in [0.29, 0.717) is 16.4 Å². The van der Waals surface area contributed by atoms with Crippen LogP contribution in [0.2, 0.25) is 0 Å². The third kappa shape index (κ3) is 7.16. The van der Waals surface area contributed by atoms with Crippen LogP contribution in [0, 0.1) is 17.6 Å². The molecule has 3 aromatic rings. The van der Waals surface area contributed by atoms with E-state index in [1.54, 1.807) is 6.07 Å². The number of para-hydroxylation sites is 1. The van der Waals surface area contributed by atoms with E-state index in [9.17, 15) is 26.8 Å². The second-order valence-corrected chi connectivity index (χ2v) is 11.1. The monoisotopic (exact) mass is 543 g/mol. The minimum absolute atomic E-state index is 0.0914. The smallest absolute Gasteiger partial charge is 0.264 e. The Morgan fingerprint density at radius 2 is 1.47 bits per heavy atom. The van der Waals surface area contributed by atoms with Crippen molar-refractivity contribution in [1.29, 1.82) is 0 Å². The molecule has 0 radical (unpaired) electrons. The molecule has 202 valence electrons. The van der Waals surface area contributed by atoms with Gasteiger partial charge in [0.05, 0.1) is 10.6 Å². The molecule has 1 unspecified atom stereocenters. The zero-order valence-electron chi connectivity index (χ0n) is 21.5. The Bertz CT molecular complexity index is 1350. The predicted octanol–water partition coefficient (Wildman–Crippen LogP) is 4.35. The van der Waals surface area contributed by atoms with Gasteiger partial charge in [-0.3, -0.25) is 13.9 Å². The third-order valence-electron chi connectivity index (χ3n) is 5.85. The zero-order chi connectivity index (χ0) is 27.9. The summed E-state index contributed by atoms with van der Waals surface area (Å²) in [7, 11) is -4.36. The summed E-state index contributed by atoms with van der Waals surface area (Å²) in [4.78, 5) is 27.7. The van der Waals surface area contributed by atoms with Crippen LogP contribution in [-0.2, 0) is 26.2 Å². The summed E-state index contributed by atoms with van der Waals surface area (Å²) >= 11 is 0. The lowest BCUT2D eigenvalue weighted by Gasteiger charge is -2.32. The van der Waals surface area contributed by atoms with Gasteiger partial charge in [0.15, 0.2) is 0 Å². The van der Waals surface area contributed by atoms with Crippen molar-refractivity contribution in [3.63, 3.8) is 0 Å². The van der Waals surface area contributed by atoms with E-state index in [4.69, 9.17) is 0 Å². The first-order valence-corrected chi connectivity index (χ1v) is 13.6. The van der Waals surface area contributed by atoms with E-state index in [2.05, 4.69) is 5.32 Å². The molecular formula is C28H31F2N3O4S. The fourth-order valence-electron chi connectivity index (χ4n) is 3.71. The van der Waals surface area contributed by atoms with Gasteiger partial charge in [0, 0.05) is 13.1 Å². The summed E-state index contributed by atoms with van der Waals surface area (Å²) in [5, 5.41) is 2.78. The zero-order valence-corrected chi connectivity index (χ0v) is 22.3. The van der Waals surface area contributed by atoms with Crippen molar-refractivity contribution in [2.24, 2.45) is 5.92 Å². The SMILES string of the molecule is CC(C)CNC(=O)C(C)N(Cc1ccc(F)cc1)C(=O)CN(c1ccccc1F)S(=O)(=O)c1ccccc1. The van der Waals surface area contributed by atoms with Crippen molar-refractivity contribution in [2.75, 3.05) is 17.4 Å². The lowest BCUT2D eigenvalue weighted by molar-refractivity contribution is -0.139. The van der Waals surface area contributed by atoms with Gasteiger partial charge in [0.25, 0.3) is 10.0 Å². The molecule has 0 saturated carbocycles. The highest BCUT2D eigenvalue weighted by Gasteiger charge is 2.33. The molecule has 0 aromatic heterocycles. The number of nitrogens with one attached hydrogen (secondary N) is 1.